The van der Waals surface area contributed by atoms with Crippen molar-refractivity contribution in [2.45, 2.75) is 26.4 Å². The molecule has 0 aliphatic carbocycles. The highest BCUT2D eigenvalue weighted by Crippen LogP contribution is 2.12. The van der Waals surface area contributed by atoms with Gasteiger partial charge in [-0.05, 0) is 13.5 Å². The molecular weight excluding hydrogens is 252 g/mol. The largest absolute Gasteiger partial charge is 0.330 e. The summed E-state index contributed by atoms with van der Waals surface area (Å²) in [4.78, 5) is 10.0. The molecule has 2 heterocycles. The number of thiazole rings is 2. The Kier molecular flexibility index (Phi) is 4.61. The number of nitrogens with one attached hydrogen (secondary N) is 1. The summed E-state index contributed by atoms with van der Waals surface area (Å²) in [6.07, 6.45) is 2.78. The maximum absolute atomic E-state index is 5.49. The molecule has 17 heavy (non-hydrogen) atoms. The van der Waals surface area contributed by atoms with E-state index in [2.05, 4.69) is 27.6 Å². The summed E-state index contributed by atoms with van der Waals surface area (Å²) < 4.78 is 0. The van der Waals surface area contributed by atoms with Gasteiger partial charge in [0.25, 0.3) is 0 Å². The van der Waals surface area contributed by atoms with Crippen LogP contribution in [0.1, 0.15) is 20.6 Å². The van der Waals surface area contributed by atoms with Gasteiger partial charge in [-0.15, -0.1) is 22.7 Å². The molecule has 0 saturated carbocycles. The van der Waals surface area contributed by atoms with Crippen LogP contribution in [0.3, 0.4) is 0 Å². The van der Waals surface area contributed by atoms with Crippen molar-refractivity contribution < 1.29 is 0 Å². The number of nitrogens with zero attached hydrogens (tertiary/aromatic N) is 2. The zero-order valence-electron chi connectivity index (χ0n) is 9.77. The van der Waals surface area contributed by atoms with Crippen molar-refractivity contribution in [2.75, 3.05) is 6.54 Å². The molecule has 2 aromatic rings. The molecule has 0 saturated heterocycles. The minimum atomic E-state index is 0.665. The molecule has 0 atom stereocenters. The maximum Gasteiger partial charge on any atom is 0.107 e. The predicted octanol–water partition coefficient (Wildman–Crippen LogP) is 1.70. The second kappa shape index (κ2) is 6.20. The molecule has 0 unspecified atom stereocenters. The lowest BCUT2D eigenvalue weighted by Crippen LogP contribution is -2.12. The van der Waals surface area contributed by atoms with E-state index in [1.54, 1.807) is 22.7 Å². The van der Waals surface area contributed by atoms with E-state index in [4.69, 9.17) is 5.73 Å². The minimum absolute atomic E-state index is 0.665. The number of aromatic nitrogens is 2. The van der Waals surface area contributed by atoms with Gasteiger partial charge in [0.05, 0.1) is 10.7 Å². The van der Waals surface area contributed by atoms with Gasteiger partial charge in [-0.1, -0.05) is 0 Å². The van der Waals surface area contributed by atoms with Crippen LogP contribution in [0.2, 0.25) is 0 Å². The second-order valence-corrected chi connectivity index (χ2v) is 6.00. The first kappa shape index (κ1) is 12.6. The number of aryl methyl sites for hydroxylation is 1. The van der Waals surface area contributed by atoms with Crippen molar-refractivity contribution >= 4 is 22.7 Å². The lowest BCUT2D eigenvalue weighted by atomic mass is 10.4. The van der Waals surface area contributed by atoms with Crippen molar-refractivity contribution in [3.05, 3.63) is 32.2 Å². The Hall–Kier alpha value is -0.820. The number of nitrogens with two attached hydrogens (primary N) is 1. The van der Waals surface area contributed by atoms with Gasteiger partial charge in [0.15, 0.2) is 0 Å². The van der Waals surface area contributed by atoms with Gasteiger partial charge in [0, 0.05) is 36.0 Å². The quantitative estimate of drug-likeness (QED) is 0.837. The molecule has 2 rings (SSSR count). The van der Waals surface area contributed by atoms with Crippen LogP contribution in [0.15, 0.2) is 11.6 Å². The van der Waals surface area contributed by atoms with Gasteiger partial charge in [0.1, 0.15) is 5.01 Å². The molecule has 6 heteroatoms. The van der Waals surface area contributed by atoms with Crippen LogP contribution in [0.25, 0.3) is 0 Å². The monoisotopic (exact) mass is 268 g/mol. The topological polar surface area (TPSA) is 63.8 Å². The van der Waals surface area contributed by atoms with Crippen LogP contribution in [-0.4, -0.2) is 16.5 Å². The summed E-state index contributed by atoms with van der Waals surface area (Å²) in [6, 6.07) is 0. The molecule has 0 bridgehead atoms. The average molecular weight is 268 g/mol. The van der Waals surface area contributed by atoms with Gasteiger partial charge >= 0.3 is 0 Å². The Labute approximate surface area is 109 Å². The Balaban J connectivity index is 1.77. The third kappa shape index (κ3) is 3.85. The van der Waals surface area contributed by atoms with Gasteiger partial charge in [-0.3, -0.25) is 0 Å². The fourth-order valence-corrected chi connectivity index (χ4v) is 3.02. The minimum Gasteiger partial charge on any atom is -0.330 e. The third-order valence-electron chi connectivity index (χ3n) is 2.21. The SMILES string of the molecule is Cc1cnc(CNCc2csc(CCN)n2)s1. The van der Waals surface area contributed by atoms with Crippen molar-refractivity contribution in [3.63, 3.8) is 0 Å². The normalized spacial score (nSPS) is 10.9. The summed E-state index contributed by atoms with van der Waals surface area (Å²) in [6.45, 7) is 4.33. The first-order valence-electron chi connectivity index (χ1n) is 5.53. The zero-order valence-corrected chi connectivity index (χ0v) is 11.4. The summed E-state index contributed by atoms with van der Waals surface area (Å²) in [7, 11) is 0. The number of hydrogen-bond donors (Lipinski definition) is 2. The molecule has 0 radical (unpaired) electrons. The predicted molar refractivity (Wildman–Crippen MR) is 72.3 cm³/mol. The summed E-state index contributed by atoms with van der Waals surface area (Å²) in [5.74, 6) is 0. The van der Waals surface area contributed by atoms with Gasteiger partial charge in [-0.2, -0.15) is 0 Å². The zero-order chi connectivity index (χ0) is 12.1. The molecule has 0 spiro atoms. The first-order chi connectivity index (χ1) is 8.28. The van der Waals surface area contributed by atoms with Gasteiger partial charge < -0.3 is 11.1 Å². The lowest BCUT2D eigenvalue weighted by molar-refractivity contribution is 0.677. The molecule has 92 valence electrons. The van der Waals surface area contributed by atoms with E-state index in [0.29, 0.717) is 6.54 Å². The molecule has 3 N–H and O–H groups in total. The fourth-order valence-electron chi connectivity index (χ4n) is 1.45. The van der Waals surface area contributed by atoms with Gasteiger partial charge in [-0.25, -0.2) is 9.97 Å². The molecule has 0 aliphatic rings. The van der Waals surface area contributed by atoms with E-state index < -0.39 is 0 Å². The van der Waals surface area contributed by atoms with Crippen LogP contribution in [-0.2, 0) is 19.5 Å². The summed E-state index contributed by atoms with van der Waals surface area (Å²) >= 11 is 3.41. The van der Waals surface area contributed by atoms with E-state index in [-0.39, 0.29) is 0 Å². The summed E-state index contributed by atoms with van der Waals surface area (Å²) in [5.41, 5.74) is 6.58. The van der Waals surface area contributed by atoms with E-state index >= 15 is 0 Å². The van der Waals surface area contributed by atoms with Crippen LogP contribution < -0.4 is 11.1 Å². The standard InChI is InChI=1S/C11H16N4S2/c1-8-4-14-11(17-8)6-13-5-9-7-16-10(15-9)2-3-12/h4,7,13H,2-3,5-6,12H2,1H3. The molecule has 2 aromatic heterocycles. The highest BCUT2D eigenvalue weighted by Gasteiger charge is 2.02. The Morgan fingerprint density at radius 1 is 1.35 bits per heavy atom. The maximum atomic E-state index is 5.49. The van der Waals surface area contributed by atoms with E-state index in [9.17, 15) is 0 Å². The van der Waals surface area contributed by atoms with E-state index in [1.807, 2.05) is 6.20 Å². The smallest absolute Gasteiger partial charge is 0.107 e. The Morgan fingerprint density at radius 3 is 2.94 bits per heavy atom. The van der Waals surface area contributed by atoms with Crippen LogP contribution >= 0.6 is 22.7 Å². The second-order valence-electron chi connectivity index (χ2n) is 3.74. The fraction of sp³-hybridized carbons (Fsp3) is 0.455. The van der Waals surface area contributed by atoms with E-state index in [0.717, 1.165) is 35.2 Å². The van der Waals surface area contributed by atoms with E-state index in [1.165, 1.54) is 4.88 Å². The first-order valence-corrected chi connectivity index (χ1v) is 7.23. The third-order valence-corrected chi connectivity index (χ3v) is 4.08. The Bertz CT molecular complexity index is 463. The average Bonchev–Trinajstić information content (AvgIpc) is 2.89. The van der Waals surface area contributed by atoms with Crippen molar-refractivity contribution in [1.82, 2.24) is 15.3 Å². The summed E-state index contributed by atoms with van der Waals surface area (Å²) in [5, 5.41) is 7.68. The van der Waals surface area contributed by atoms with Crippen LogP contribution in [0.4, 0.5) is 0 Å². The highest BCUT2D eigenvalue weighted by molar-refractivity contribution is 7.11. The van der Waals surface area contributed by atoms with Crippen molar-refractivity contribution in [1.29, 1.82) is 0 Å². The van der Waals surface area contributed by atoms with Crippen molar-refractivity contribution in [2.24, 2.45) is 5.73 Å². The molecular formula is C11H16N4S2. The molecule has 4 nitrogen and oxygen atoms in total. The number of rotatable bonds is 6. The molecule has 0 aliphatic heterocycles. The van der Waals surface area contributed by atoms with Crippen LogP contribution in [0, 0.1) is 6.92 Å². The molecule has 0 amide bonds. The molecule has 0 aromatic carbocycles. The number of hydrogen-bond acceptors (Lipinski definition) is 6. The van der Waals surface area contributed by atoms with Gasteiger partial charge in [0.2, 0.25) is 0 Å². The lowest BCUT2D eigenvalue weighted by Gasteiger charge is -1.98. The van der Waals surface area contributed by atoms with Crippen LogP contribution in [0.5, 0.6) is 0 Å². The van der Waals surface area contributed by atoms with Crippen molar-refractivity contribution in [3.8, 4) is 0 Å². The Morgan fingerprint density at radius 2 is 2.24 bits per heavy atom. The highest BCUT2D eigenvalue weighted by atomic mass is 32.1. The molecule has 0 fully saturated rings.